The number of aliphatic carboxylic acids is 1. The molecule has 10 nitrogen and oxygen atoms in total. The van der Waals surface area contributed by atoms with Crippen LogP contribution in [0.15, 0.2) is 24.3 Å². The molecular formula is C18H25N3O7S. The maximum atomic E-state index is 12.3. The van der Waals surface area contributed by atoms with Gasteiger partial charge < -0.3 is 9.84 Å². The lowest BCUT2D eigenvalue weighted by Crippen LogP contribution is -2.37. The van der Waals surface area contributed by atoms with Gasteiger partial charge in [0.1, 0.15) is 0 Å². The summed E-state index contributed by atoms with van der Waals surface area (Å²) in [5.41, 5.74) is 0.489. The SMILES string of the molecule is CN(CC(=O)O)CC(C)(C)COC(=O)c1ccc(CN2CC(=O)NS2(=O)=O)cc1. The molecule has 160 valence electrons. The van der Waals surface area contributed by atoms with E-state index in [2.05, 4.69) is 0 Å². The number of benzene rings is 1. The Kier molecular flexibility index (Phi) is 6.98. The summed E-state index contributed by atoms with van der Waals surface area (Å²) in [6, 6.07) is 6.25. The van der Waals surface area contributed by atoms with Gasteiger partial charge in [-0.3, -0.25) is 14.5 Å². The van der Waals surface area contributed by atoms with Gasteiger partial charge >= 0.3 is 22.1 Å². The molecule has 0 saturated carbocycles. The van der Waals surface area contributed by atoms with Crippen LogP contribution in [0.25, 0.3) is 0 Å². The summed E-state index contributed by atoms with van der Waals surface area (Å²) in [5, 5.41) is 8.82. The second-order valence-electron chi connectivity index (χ2n) is 7.80. The van der Waals surface area contributed by atoms with Crippen LogP contribution in [0.3, 0.4) is 0 Å². The van der Waals surface area contributed by atoms with Gasteiger partial charge in [-0.15, -0.1) is 0 Å². The first-order valence-corrected chi connectivity index (χ1v) is 10.3. The number of likely N-dealkylation sites (N-methyl/N-ethyl adjacent to an activating group) is 1. The molecule has 0 aromatic heterocycles. The predicted octanol–water partition coefficient (Wildman–Crippen LogP) is 0.0626. The van der Waals surface area contributed by atoms with Gasteiger partial charge in [0.2, 0.25) is 5.91 Å². The molecule has 0 spiro atoms. The molecule has 1 aliphatic rings. The molecule has 1 aromatic rings. The van der Waals surface area contributed by atoms with Crippen molar-refractivity contribution >= 4 is 28.1 Å². The molecule has 0 aliphatic carbocycles. The quantitative estimate of drug-likeness (QED) is 0.529. The van der Waals surface area contributed by atoms with E-state index >= 15 is 0 Å². The highest BCUT2D eigenvalue weighted by atomic mass is 32.2. The highest BCUT2D eigenvalue weighted by Crippen LogP contribution is 2.18. The van der Waals surface area contributed by atoms with Crippen LogP contribution >= 0.6 is 0 Å². The molecule has 2 N–H and O–H groups in total. The largest absolute Gasteiger partial charge is 0.480 e. The molecule has 1 amide bonds. The van der Waals surface area contributed by atoms with Gasteiger partial charge in [-0.2, -0.15) is 12.7 Å². The van der Waals surface area contributed by atoms with Crippen LogP contribution in [0.5, 0.6) is 0 Å². The van der Waals surface area contributed by atoms with Crippen molar-refractivity contribution in [1.82, 2.24) is 13.9 Å². The summed E-state index contributed by atoms with van der Waals surface area (Å²) < 4.78 is 31.8. The minimum atomic E-state index is -3.80. The monoisotopic (exact) mass is 427 g/mol. The molecule has 1 saturated heterocycles. The molecule has 0 atom stereocenters. The first-order chi connectivity index (χ1) is 13.4. The number of carboxylic acids is 1. The lowest BCUT2D eigenvalue weighted by Gasteiger charge is -2.28. The van der Waals surface area contributed by atoms with Crippen LogP contribution in [0.4, 0.5) is 0 Å². The van der Waals surface area contributed by atoms with E-state index in [1.165, 1.54) is 12.1 Å². The van der Waals surface area contributed by atoms with E-state index in [9.17, 15) is 22.8 Å². The van der Waals surface area contributed by atoms with E-state index < -0.39 is 33.5 Å². The van der Waals surface area contributed by atoms with Gasteiger partial charge in [0.25, 0.3) is 0 Å². The standard InChI is InChI=1S/C18H25N3O7S/c1-18(2,11-20(3)10-16(23)24)12-28-17(25)14-6-4-13(5-7-14)8-21-9-15(22)19-29(21,26)27/h4-7H,8-12H2,1-3H3,(H,19,22)(H,23,24). The van der Waals surface area contributed by atoms with Crippen molar-refractivity contribution in [3.63, 3.8) is 0 Å². The summed E-state index contributed by atoms with van der Waals surface area (Å²) >= 11 is 0. The number of nitrogens with one attached hydrogen (secondary N) is 1. The van der Waals surface area contributed by atoms with Crippen molar-refractivity contribution in [2.45, 2.75) is 20.4 Å². The van der Waals surface area contributed by atoms with Gasteiger partial charge in [0.15, 0.2) is 0 Å². The zero-order valence-corrected chi connectivity index (χ0v) is 17.4. The molecule has 1 fully saturated rings. The third-order valence-electron chi connectivity index (χ3n) is 4.15. The number of ether oxygens (including phenoxy) is 1. The second kappa shape index (κ2) is 8.89. The topological polar surface area (TPSA) is 133 Å². The third-order valence-corrected chi connectivity index (χ3v) is 5.57. The van der Waals surface area contributed by atoms with Gasteiger partial charge in [-0.25, -0.2) is 9.52 Å². The summed E-state index contributed by atoms with van der Waals surface area (Å²) in [5.74, 6) is -2.04. The van der Waals surface area contributed by atoms with Crippen LogP contribution < -0.4 is 4.72 Å². The minimum Gasteiger partial charge on any atom is -0.480 e. The number of hydrogen-bond acceptors (Lipinski definition) is 7. The van der Waals surface area contributed by atoms with E-state index in [-0.39, 0.29) is 26.2 Å². The first-order valence-electron chi connectivity index (χ1n) is 8.85. The molecule has 2 rings (SSSR count). The van der Waals surface area contributed by atoms with E-state index in [4.69, 9.17) is 9.84 Å². The molecule has 0 unspecified atom stereocenters. The van der Waals surface area contributed by atoms with Gasteiger partial charge in [0, 0.05) is 18.5 Å². The zero-order valence-electron chi connectivity index (χ0n) is 16.5. The highest BCUT2D eigenvalue weighted by molar-refractivity contribution is 7.88. The summed E-state index contributed by atoms with van der Waals surface area (Å²) in [6.45, 7) is 3.95. The predicted molar refractivity (Wildman–Crippen MR) is 103 cm³/mol. The first kappa shape index (κ1) is 22.8. The third kappa shape index (κ3) is 6.80. The van der Waals surface area contributed by atoms with Crippen molar-refractivity contribution < 1.29 is 32.6 Å². The molecule has 0 bridgehead atoms. The van der Waals surface area contributed by atoms with Gasteiger partial charge in [-0.05, 0) is 24.7 Å². The number of carbonyl (C=O) groups is 3. The Morgan fingerprint density at radius 3 is 2.41 bits per heavy atom. The second-order valence-corrected chi connectivity index (χ2v) is 9.47. The van der Waals surface area contributed by atoms with Gasteiger partial charge in [0.05, 0.1) is 25.3 Å². The lowest BCUT2D eigenvalue weighted by atomic mass is 9.94. The number of carbonyl (C=O) groups excluding carboxylic acids is 2. The molecule has 1 aromatic carbocycles. The Hall–Kier alpha value is -2.50. The lowest BCUT2D eigenvalue weighted by molar-refractivity contribution is -0.138. The number of hydrogen-bond donors (Lipinski definition) is 2. The van der Waals surface area contributed by atoms with Gasteiger partial charge in [-0.1, -0.05) is 26.0 Å². The number of carboxylic acid groups (broad SMARTS) is 1. The zero-order chi connectivity index (χ0) is 21.8. The van der Waals surface area contributed by atoms with Crippen LogP contribution in [0.2, 0.25) is 0 Å². The number of nitrogens with zero attached hydrogens (tertiary/aromatic N) is 2. The van der Waals surface area contributed by atoms with Crippen molar-refractivity contribution in [2.75, 3.05) is 33.3 Å². The molecule has 29 heavy (non-hydrogen) atoms. The van der Waals surface area contributed by atoms with Crippen molar-refractivity contribution in [1.29, 1.82) is 0 Å². The summed E-state index contributed by atoms with van der Waals surface area (Å²) in [4.78, 5) is 35.9. The van der Waals surface area contributed by atoms with Crippen molar-refractivity contribution in [3.05, 3.63) is 35.4 Å². The van der Waals surface area contributed by atoms with Crippen LogP contribution in [0.1, 0.15) is 29.8 Å². The molecule has 0 radical (unpaired) electrons. The molecule has 11 heteroatoms. The number of amides is 1. The van der Waals surface area contributed by atoms with Crippen molar-refractivity contribution in [3.8, 4) is 0 Å². The highest BCUT2D eigenvalue weighted by Gasteiger charge is 2.33. The van der Waals surface area contributed by atoms with E-state index in [0.717, 1.165) is 4.31 Å². The maximum absolute atomic E-state index is 12.3. The minimum absolute atomic E-state index is 0.0132. The molecular weight excluding hydrogens is 402 g/mol. The smallest absolute Gasteiger partial charge is 0.338 e. The Morgan fingerprint density at radius 2 is 1.90 bits per heavy atom. The average molecular weight is 427 g/mol. The van der Waals surface area contributed by atoms with E-state index in [1.54, 1.807) is 24.1 Å². The molecule has 1 heterocycles. The Balaban J connectivity index is 1.90. The summed E-state index contributed by atoms with van der Waals surface area (Å²) in [6.07, 6.45) is 0. The normalized spacial score (nSPS) is 16.6. The fourth-order valence-electron chi connectivity index (χ4n) is 2.98. The van der Waals surface area contributed by atoms with Crippen LogP contribution in [-0.2, 0) is 31.1 Å². The summed E-state index contributed by atoms with van der Waals surface area (Å²) in [7, 11) is -2.12. The average Bonchev–Trinajstić information content (AvgIpc) is 2.83. The number of esters is 1. The molecule has 1 aliphatic heterocycles. The Labute approximate surface area is 169 Å². The fraction of sp³-hybridized carbons (Fsp3) is 0.500. The van der Waals surface area contributed by atoms with Crippen LogP contribution in [-0.4, -0.2) is 73.9 Å². The Bertz CT molecular complexity index is 881. The maximum Gasteiger partial charge on any atom is 0.338 e. The van der Waals surface area contributed by atoms with E-state index in [1.807, 2.05) is 18.6 Å². The fourth-order valence-corrected chi connectivity index (χ4v) is 4.07. The van der Waals surface area contributed by atoms with Crippen molar-refractivity contribution in [2.24, 2.45) is 5.41 Å². The Morgan fingerprint density at radius 1 is 1.28 bits per heavy atom. The van der Waals surface area contributed by atoms with E-state index in [0.29, 0.717) is 17.7 Å². The number of rotatable bonds is 9. The van der Waals surface area contributed by atoms with Crippen LogP contribution in [0, 0.1) is 5.41 Å².